The Balaban J connectivity index is 1.43. The number of carbonyl (C=O) groups is 2. The van der Waals surface area contributed by atoms with Crippen molar-refractivity contribution >= 4 is 21.6 Å². The van der Waals surface area contributed by atoms with Gasteiger partial charge >= 0.3 is 5.97 Å². The largest absolute Gasteiger partial charge is 0.494 e. The summed E-state index contributed by atoms with van der Waals surface area (Å²) in [5.74, 6) is 0.979. The fourth-order valence-corrected chi connectivity index (χ4v) is 5.73. The Kier molecular flexibility index (Phi) is 8.75. The standard InChI is InChI=1S/C31H34O7S/c1-20-13-26(37-11-6-12-39(4,34)35)14-21(2)31(20)23-8-5-7-22(15-23)19-38-25-9-10-27-24(17-30(33)36-3)16-29(32)28(27)18-25/h5,7-10,13-15,18,24H,6,11-12,16-17,19H2,1-4H3. The van der Waals surface area contributed by atoms with Crippen LogP contribution in [0.15, 0.2) is 54.6 Å². The lowest BCUT2D eigenvalue weighted by molar-refractivity contribution is -0.141. The molecule has 0 saturated heterocycles. The van der Waals surface area contributed by atoms with Crippen LogP contribution in [0.25, 0.3) is 11.1 Å². The Morgan fingerprint density at radius 2 is 1.72 bits per heavy atom. The second kappa shape index (κ2) is 12.0. The quantitative estimate of drug-likeness (QED) is 0.227. The van der Waals surface area contributed by atoms with Gasteiger partial charge in [0, 0.05) is 24.2 Å². The molecule has 0 heterocycles. The minimum Gasteiger partial charge on any atom is -0.494 e. The second-order valence-corrected chi connectivity index (χ2v) is 12.4. The molecule has 1 aliphatic carbocycles. The summed E-state index contributed by atoms with van der Waals surface area (Å²) < 4.78 is 39.3. The van der Waals surface area contributed by atoms with Crippen molar-refractivity contribution < 1.29 is 32.2 Å². The number of hydrogen-bond acceptors (Lipinski definition) is 7. The number of benzene rings is 3. The number of carbonyl (C=O) groups excluding carboxylic acids is 2. The van der Waals surface area contributed by atoms with Crippen LogP contribution in [0.2, 0.25) is 0 Å². The van der Waals surface area contributed by atoms with Gasteiger partial charge in [-0.05, 0) is 84.0 Å². The van der Waals surface area contributed by atoms with Crippen LogP contribution in [0.1, 0.15) is 57.8 Å². The number of fused-ring (bicyclic) bond motifs is 1. The Hall–Kier alpha value is -3.65. The number of ether oxygens (including phenoxy) is 3. The molecule has 0 aliphatic heterocycles. The molecule has 3 aromatic rings. The first-order valence-electron chi connectivity index (χ1n) is 12.9. The number of ketones is 1. The van der Waals surface area contributed by atoms with E-state index in [4.69, 9.17) is 14.2 Å². The van der Waals surface area contributed by atoms with Gasteiger partial charge in [-0.3, -0.25) is 9.59 Å². The highest BCUT2D eigenvalue weighted by atomic mass is 32.2. The van der Waals surface area contributed by atoms with Crippen molar-refractivity contribution in [1.29, 1.82) is 0 Å². The molecule has 0 amide bonds. The maximum absolute atomic E-state index is 12.5. The molecule has 1 atom stereocenters. The fraction of sp³-hybridized carbons (Fsp3) is 0.355. The summed E-state index contributed by atoms with van der Waals surface area (Å²) in [4.78, 5) is 24.2. The van der Waals surface area contributed by atoms with Gasteiger partial charge in [-0.25, -0.2) is 8.42 Å². The van der Waals surface area contributed by atoms with E-state index in [9.17, 15) is 18.0 Å². The molecule has 1 unspecified atom stereocenters. The van der Waals surface area contributed by atoms with Crippen molar-refractivity contribution in [3.63, 3.8) is 0 Å². The molecule has 0 bridgehead atoms. The number of Topliss-reactive ketones (excluding diaryl/α,β-unsaturated/α-hetero) is 1. The van der Waals surface area contributed by atoms with E-state index >= 15 is 0 Å². The number of esters is 1. The van der Waals surface area contributed by atoms with E-state index in [-0.39, 0.29) is 29.8 Å². The van der Waals surface area contributed by atoms with Crippen LogP contribution in [0.3, 0.4) is 0 Å². The zero-order chi connectivity index (χ0) is 28.2. The van der Waals surface area contributed by atoms with Crippen LogP contribution in [0.5, 0.6) is 11.5 Å². The molecular weight excluding hydrogens is 516 g/mol. The van der Waals surface area contributed by atoms with Crippen molar-refractivity contribution in [2.24, 2.45) is 0 Å². The van der Waals surface area contributed by atoms with Crippen LogP contribution >= 0.6 is 0 Å². The first kappa shape index (κ1) is 28.4. The Morgan fingerprint density at radius 3 is 2.41 bits per heavy atom. The summed E-state index contributed by atoms with van der Waals surface area (Å²) in [5.41, 5.74) is 6.76. The first-order chi connectivity index (χ1) is 18.5. The maximum Gasteiger partial charge on any atom is 0.306 e. The summed E-state index contributed by atoms with van der Waals surface area (Å²) in [6, 6.07) is 17.6. The lowest BCUT2D eigenvalue weighted by Gasteiger charge is -2.15. The molecule has 1 aliphatic rings. The third kappa shape index (κ3) is 7.26. The molecule has 0 spiro atoms. The van der Waals surface area contributed by atoms with Crippen molar-refractivity contribution in [2.45, 2.75) is 45.6 Å². The van der Waals surface area contributed by atoms with Gasteiger partial charge in [-0.15, -0.1) is 0 Å². The maximum atomic E-state index is 12.5. The van der Waals surface area contributed by atoms with E-state index in [1.807, 2.05) is 50.2 Å². The van der Waals surface area contributed by atoms with E-state index in [2.05, 4.69) is 12.1 Å². The molecule has 39 heavy (non-hydrogen) atoms. The van der Waals surface area contributed by atoms with Crippen LogP contribution < -0.4 is 9.47 Å². The predicted molar refractivity (Wildman–Crippen MR) is 150 cm³/mol. The molecule has 7 nitrogen and oxygen atoms in total. The third-order valence-electron chi connectivity index (χ3n) is 6.89. The van der Waals surface area contributed by atoms with Gasteiger partial charge in [0.2, 0.25) is 0 Å². The highest BCUT2D eigenvalue weighted by Gasteiger charge is 2.31. The average Bonchev–Trinajstić information content (AvgIpc) is 3.19. The Labute approximate surface area is 230 Å². The smallest absolute Gasteiger partial charge is 0.306 e. The lowest BCUT2D eigenvalue weighted by Crippen LogP contribution is -2.08. The van der Waals surface area contributed by atoms with Gasteiger partial charge in [0.05, 0.1) is 25.9 Å². The molecule has 0 N–H and O–H groups in total. The Bertz CT molecular complexity index is 1470. The Morgan fingerprint density at radius 1 is 0.974 bits per heavy atom. The topological polar surface area (TPSA) is 96.0 Å². The van der Waals surface area contributed by atoms with Gasteiger partial charge < -0.3 is 14.2 Å². The number of methoxy groups -OCH3 is 1. The zero-order valence-electron chi connectivity index (χ0n) is 22.8. The van der Waals surface area contributed by atoms with Gasteiger partial charge in [0.25, 0.3) is 0 Å². The summed E-state index contributed by atoms with van der Waals surface area (Å²) in [5, 5.41) is 0. The summed E-state index contributed by atoms with van der Waals surface area (Å²) in [7, 11) is -1.65. The number of aryl methyl sites for hydroxylation is 2. The van der Waals surface area contributed by atoms with E-state index in [0.717, 1.165) is 39.1 Å². The van der Waals surface area contributed by atoms with Gasteiger partial charge in [0.15, 0.2) is 5.78 Å². The molecule has 0 saturated carbocycles. The molecule has 206 valence electrons. The third-order valence-corrected chi connectivity index (χ3v) is 7.92. The van der Waals surface area contributed by atoms with Crippen molar-refractivity contribution in [1.82, 2.24) is 0 Å². The van der Waals surface area contributed by atoms with Crippen LogP contribution in [-0.4, -0.2) is 45.9 Å². The van der Waals surface area contributed by atoms with Gasteiger partial charge in [-0.2, -0.15) is 0 Å². The minimum absolute atomic E-state index is 0.0140. The van der Waals surface area contributed by atoms with E-state index in [1.165, 1.54) is 13.4 Å². The molecule has 0 fully saturated rings. The van der Waals surface area contributed by atoms with Crippen molar-refractivity contribution in [3.8, 4) is 22.6 Å². The molecule has 0 aromatic heterocycles. The first-order valence-corrected chi connectivity index (χ1v) is 15.0. The predicted octanol–water partition coefficient (Wildman–Crippen LogP) is 5.60. The van der Waals surface area contributed by atoms with Gasteiger partial charge in [0.1, 0.15) is 27.9 Å². The normalized spacial score (nSPS) is 14.7. The monoisotopic (exact) mass is 550 g/mol. The van der Waals surface area contributed by atoms with E-state index in [0.29, 0.717) is 37.4 Å². The van der Waals surface area contributed by atoms with E-state index < -0.39 is 9.84 Å². The molecule has 4 rings (SSSR count). The summed E-state index contributed by atoms with van der Waals surface area (Å²) >= 11 is 0. The summed E-state index contributed by atoms with van der Waals surface area (Å²) in [6.07, 6.45) is 2.18. The zero-order valence-corrected chi connectivity index (χ0v) is 23.6. The number of rotatable bonds is 11. The van der Waals surface area contributed by atoms with E-state index in [1.54, 1.807) is 6.07 Å². The number of hydrogen-bond donors (Lipinski definition) is 0. The molecule has 0 radical (unpaired) electrons. The highest BCUT2D eigenvalue weighted by molar-refractivity contribution is 7.90. The fourth-order valence-electron chi connectivity index (χ4n) is 5.09. The van der Waals surface area contributed by atoms with Gasteiger partial charge in [-0.1, -0.05) is 24.3 Å². The minimum atomic E-state index is -3.00. The molecule has 3 aromatic carbocycles. The van der Waals surface area contributed by atoms with Crippen molar-refractivity contribution in [2.75, 3.05) is 25.7 Å². The molecule has 8 heteroatoms. The lowest BCUT2D eigenvalue weighted by atomic mass is 9.94. The summed E-state index contributed by atoms with van der Waals surface area (Å²) in [6.45, 7) is 4.75. The number of sulfone groups is 1. The highest BCUT2D eigenvalue weighted by Crippen LogP contribution is 2.38. The second-order valence-electron chi connectivity index (χ2n) is 10.1. The SMILES string of the molecule is COC(=O)CC1CC(=O)c2cc(OCc3cccc(-c4c(C)cc(OCCCS(C)(=O)=O)cc4C)c3)ccc21. The molecular formula is C31H34O7S. The van der Waals surface area contributed by atoms with Crippen LogP contribution in [0, 0.1) is 13.8 Å². The average molecular weight is 551 g/mol. The van der Waals surface area contributed by atoms with Crippen LogP contribution in [-0.2, 0) is 26.0 Å². The van der Waals surface area contributed by atoms with Crippen molar-refractivity contribution in [3.05, 3.63) is 82.4 Å². The van der Waals surface area contributed by atoms with Crippen LogP contribution in [0.4, 0.5) is 0 Å².